The lowest BCUT2D eigenvalue weighted by Gasteiger charge is -2.35. The van der Waals surface area contributed by atoms with Crippen LogP contribution in [0.5, 0.6) is 0 Å². The van der Waals surface area contributed by atoms with E-state index in [2.05, 4.69) is 5.32 Å². The number of anilines is 1. The van der Waals surface area contributed by atoms with E-state index in [4.69, 9.17) is 0 Å². The van der Waals surface area contributed by atoms with Gasteiger partial charge in [-0.05, 0) is 44.4 Å². The summed E-state index contributed by atoms with van der Waals surface area (Å²) < 4.78 is 13.5. The van der Waals surface area contributed by atoms with E-state index in [1.54, 1.807) is 19.1 Å². The standard InChI is InChI=1S/C17H21FN2O2/c1-17(16(22)19-13-6-2-3-7-13)10-9-15(21)20(17)14-8-4-5-12(18)11-14/h4-5,8,11,13H,2-3,6-7,9-10H2,1H3,(H,19,22). The van der Waals surface area contributed by atoms with Crippen LogP contribution in [0.1, 0.15) is 45.4 Å². The second-order valence-corrected chi connectivity index (χ2v) is 6.44. The maximum absolute atomic E-state index is 13.5. The number of halogens is 1. The summed E-state index contributed by atoms with van der Waals surface area (Å²) >= 11 is 0. The molecule has 1 N–H and O–H groups in total. The van der Waals surface area contributed by atoms with Gasteiger partial charge in [-0.1, -0.05) is 18.9 Å². The van der Waals surface area contributed by atoms with Crippen LogP contribution in [0.3, 0.4) is 0 Å². The Kier molecular flexibility index (Phi) is 3.89. The van der Waals surface area contributed by atoms with Gasteiger partial charge in [-0.3, -0.25) is 14.5 Å². The Balaban J connectivity index is 1.86. The number of carbonyl (C=O) groups excluding carboxylic acids is 2. The zero-order valence-electron chi connectivity index (χ0n) is 12.8. The monoisotopic (exact) mass is 304 g/mol. The maximum Gasteiger partial charge on any atom is 0.246 e. The zero-order valence-corrected chi connectivity index (χ0v) is 12.8. The number of rotatable bonds is 3. The molecule has 1 unspecified atom stereocenters. The average Bonchev–Trinajstić information content (AvgIpc) is 3.08. The molecule has 4 nitrogen and oxygen atoms in total. The summed E-state index contributed by atoms with van der Waals surface area (Å²) in [5, 5.41) is 3.07. The Hall–Kier alpha value is -1.91. The van der Waals surface area contributed by atoms with Gasteiger partial charge in [0.15, 0.2) is 0 Å². The molecule has 1 aromatic carbocycles. The normalized spacial score (nSPS) is 25.7. The number of hydrogen-bond donors (Lipinski definition) is 1. The van der Waals surface area contributed by atoms with Gasteiger partial charge in [0.1, 0.15) is 11.4 Å². The third-order valence-electron chi connectivity index (χ3n) is 4.81. The van der Waals surface area contributed by atoms with Crippen LogP contribution in [0.25, 0.3) is 0 Å². The topological polar surface area (TPSA) is 49.4 Å². The number of amides is 2. The van der Waals surface area contributed by atoms with Crippen LogP contribution in [0, 0.1) is 5.82 Å². The Morgan fingerprint density at radius 1 is 1.36 bits per heavy atom. The smallest absolute Gasteiger partial charge is 0.246 e. The SMILES string of the molecule is CC1(C(=O)NC2CCCC2)CCC(=O)N1c1cccc(F)c1. The highest BCUT2D eigenvalue weighted by Gasteiger charge is 2.48. The quantitative estimate of drug-likeness (QED) is 0.933. The first-order valence-corrected chi connectivity index (χ1v) is 7.90. The van der Waals surface area contributed by atoms with E-state index in [1.165, 1.54) is 17.0 Å². The minimum absolute atomic E-state index is 0.130. The van der Waals surface area contributed by atoms with E-state index < -0.39 is 11.4 Å². The van der Waals surface area contributed by atoms with Crippen molar-refractivity contribution in [2.24, 2.45) is 0 Å². The molecule has 0 aromatic heterocycles. The number of benzene rings is 1. The molecule has 1 aliphatic carbocycles. The van der Waals surface area contributed by atoms with Gasteiger partial charge >= 0.3 is 0 Å². The summed E-state index contributed by atoms with van der Waals surface area (Å²) in [6.45, 7) is 1.77. The van der Waals surface area contributed by atoms with E-state index >= 15 is 0 Å². The molecule has 5 heteroatoms. The summed E-state index contributed by atoms with van der Waals surface area (Å²) in [6.07, 6.45) is 5.03. The van der Waals surface area contributed by atoms with Crippen LogP contribution in [0.15, 0.2) is 24.3 Å². The lowest BCUT2D eigenvalue weighted by Crippen LogP contribution is -2.56. The van der Waals surface area contributed by atoms with Crippen molar-refractivity contribution in [3.63, 3.8) is 0 Å². The van der Waals surface area contributed by atoms with Crippen molar-refractivity contribution in [1.29, 1.82) is 0 Å². The van der Waals surface area contributed by atoms with Gasteiger partial charge in [0, 0.05) is 18.2 Å². The number of nitrogens with one attached hydrogen (secondary N) is 1. The summed E-state index contributed by atoms with van der Waals surface area (Å²) in [7, 11) is 0. The zero-order chi connectivity index (χ0) is 15.7. The van der Waals surface area contributed by atoms with E-state index in [1.807, 2.05) is 0 Å². The molecule has 0 bridgehead atoms. The average molecular weight is 304 g/mol. The van der Waals surface area contributed by atoms with Gasteiger partial charge in [-0.15, -0.1) is 0 Å². The van der Waals surface area contributed by atoms with Crippen LogP contribution >= 0.6 is 0 Å². The lowest BCUT2D eigenvalue weighted by atomic mass is 9.96. The van der Waals surface area contributed by atoms with Crippen LogP contribution in [-0.4, -0.2) is 23.4 Å². The van der Waals surface area contributed by atoms with Crippen molar-refractivity contribution in [3.8, 4) is 0 Å². The van der Waals surface area contributed by atoms with Gasteiger partial charge in [0.2, 0.25) is 11.8 Å². The molecular formula is C17H21FN2O2. The molecule has 0 spiro atoms. The fourth-order valence-electron chi connectivity index (χ4n) is 3.52. The fraction of sp³-hybridized carbons (Fsp3) is 0.529. The van der Waals surface area contributed by atoms with Crippen molar-refractivity contribution >= 4 is 17.5 Å². The number of hydrogen-bond acceptors (Lipinski definition) is 2. The van der Waals surface area contributed by atoms with E-state index in [9.17, 15) is 14.0 Å². The molecule has 1 saturated heterocycles. The fourth-order valence-corrected chi connectivity index (χ4v) is 3.52. The summed E-state index contributed by atoms with van der Waals surface area (Å²) in [4.78, 5) is 26.5. The Morgan fingerprint density at radius 3 is 2.77 bits per heavy atom. The first-order valence-electron chi connectivity index (χ1n) is 7.90. The molecule has 1 saturated carbocycles. The molecular weight excluding hydrogens is 283 g/mol. The van der Waals surface area contributed by atoms with Crippen LogP contribution in [-0.2, 0) is 9.59 Å². The Morgan fingerprint density at radius 2 is 2.09 bits per heavy atom. The molecule has 3 rings (SSSR count). The second-order valence-electron chi connectivity index (χ2n) is 6.44. The van der Waals surface area contributed by atoms with Gasteiger partial charge in [-0.2, -0.15) is 0 Å². The van der Waals surface area contributed by atoms with Crippen molar-refractivity contribution in [3.05, 3.63) is 30.1 Å². The summed E-state index contributed by atoms with van der Waals surface area (Å²) in [6, 6.07) is 6.08. The minimum atomic E-state index is -0.937. The molecule has 22 heavy (non-hydrogen) atoms. The van der Waals surface area contributed by atoms with Crippen LogP contribution in [0.4, 0.5) is 10.1 Å². The summed E-state index contributed by atoms with van der Waals surface area (Å²) in [5.74, 6) is -0.667. The molecule has 1 aliphatic heterocycles. The molecule has 1 atom stereocenters. The van der Waals surface area contributed by atoms with E-state index in [0.717, 1.165) is 25.7 Å². The first-order chi connectivity index (χ1) is 10.5. The van der Waals surface area contributed by atoms with Crippen molar-refractivity contribution in [1.82, 2.24) is 5.32 Å². The van der Waals surface area contributed by atoms with Gasteiger partial charge in [0.05, 0.1) is 0 Å². The van der Waals surface area contributed by atoms with Crippen molar-refractivity contribution < 1.29 is 14.0 Å². The predicted molar refractivity (Wildman–Crippen MR) is 81.9 cm³/mol. The molecule has 2 fully saturated rings. The predicted octanol–water partition coefficient (Wildman–Crippen LogP) is 2.77. The third-order valence-corrected chi connectivity index (χ3v) is 4.81. The van der Waals surface area contributed by atoms with Gasteiger partial charge in [-0.25, -0.2) is 4.39 Å². The third kappa shape index (κ3) is 2.60. The Bertz CT molecular complexity index is 598. The molecule has 0 radical (unpaired) electrons. The van der Waals surface area contributed by atoms with Gasteiger partial charge < -0.3 is 5.32 Å². The number of nitrogens with zero attached hydrogens (tertiary/aromatic N) is 1. The highest BCUT2D eigenvalue weighted by atomic mass is 19.1. The molecule has 2 amide bonds. The molecule has 1 heterocycles. The van der Waals surface area contributed by atoms with E-state index in [-0.39, 0.29) is 17.9 Å². The van der Waals surface area contributed by atoms with Crippen molar-refractivity contribution in [2.75, 3.05) is 4.90 Å². The number of carbonyl (C=O) groups is 2. The second kappa shape index (κ2) is 5.71. The summed E-state index contributed by atoms with van der Waals surface area (Å²) in [5.41, 5.74) is -0.487. The Labute approximate surface area is 129 Å². The lowest BCUT2D eigenvalue weighted by molar-refractivity contribution is -0.127. The van der Waals surface area contributed by atoms with Crippen molar-refractivity contribution in [2.45, 2.75) is 57.0 Å². The highest BCUT2D eigenvalue weighted by Crippen LogP contribution is 2.36. The van der Waals surface area contributed by atoms with Crippen LogP contribution < -0.4 is 10.2 Å². The molecule has 2 aliphatic rings. The van der Waals surface area contributed by atoms with Crippen LogP contribution in [0.2, 0.25) is 0 Å². The maximum atomic E-state index is 13.5. The van der Waals surface area contributed by atoms with Gasteiger partial charge in [0.25, 0.3) is 0 Å². The largest absolute Gasteiger partial charge is 0.351 e. The molecule has 118 valence electrons. The highest BCUT2D eigenvalue weighted by molar-refractivity contribution is 6.06. The molecule has 1 aromatic rings. The van der Waals surface area contributed by atoms with E-state index in [0.29, 0.717) is 18.5 Å². The first kappa shape index (κ1) is 15.0. The minimum Gasteiger partial charge on any atom is -0.351 e.